The van der Waals surface area contributed by atoms with Crippen LogP contribution in [0.3, 0.4) is 0 Å². The maximum absolute atomic E-state index is 12.7. The lowest BCUT2D eigenvalue weighted by atomic mass is 10.1. The number of phosphoric acid groups is 1. The smallest absolute Gasteiger partial charge is 0.472 e. The SMILES string of the molecule is CCCCCCC/C=C\C/C=C\C/C=C\CCCCCCCCCCCOCC(COP(=O)(O)OCC(N)C(=O)O)OC(=O)CCCCCCCCCC/C=C\C/C=C\C/C=C\CCCCCCC. The highest BCUT2D eigenvalue weighted by molar-refractivity contribution is 7.47. The maximum atomic E-state index is 12.7. The van der Waals surface area contributed by atoms with Gasteiger partial charge in [-0.3, -0.25) is 18.6 Å². The number of allylic oxidation sites excluding steroid dienone is 12. The van der Waals surface area contributed by atoms with Gasteiger partial charge < -0.3 is 25.2 Å². The summed E-state index contributed by atoms with van der Waals surface area (Å²) in [5, 5.41) is 8.95. The second kappa shape index (κ2) is 53.2. The first kappa shape index (κ1) is 66.4. The van der Waals surface area contributed by atoms with Crippen LogP contribution in [0.25, 0.3) is 0 Å². The largest absolute Gasteiger partial charge is 0.480 e. The third kappa shape index (κ3) is 53.1. The Morgan fingerprint density at radius 1 is 0.464 bits per heavy atom. The Balaban J connectivity index is 4.14. The Bertz CT molecular complexity index is 1380. The van der Waals surface area contributed by atoms with Crippen molar-refractivity contribution in [1.29, 1.82) is 0 Å². The first-order valence-electron chi connectivity index (χ1n) is 28.0. The molecule has 0 aromatic rings. The lowest BCUT2D eigenvalue weighted by molar-refractivity contribution is -0.154. The van der Waals surface area contributed by atoms with Crippen LogP contribution in [0.5, 0.6) is 0 Å². The van der Waals surface area contributed by atoms with E-state index in [0.717, 1.165) is 77.0 Å². The fourth-order valence-corrected chi connectivity index (χ4v) is 8.40. The number of hydrogen-bond acceptors (Lipinski definition) is 8. The predicted molar refractivity (Wildman–Crippen MR) is 290 cm³/mol. The summed E-state index contributed by atoms with van der Waals surface area (Å²) in [5.74, 6) is -1.79. The Morgan fingerprint density at radius 3 is 1.19 bits per heavy atom. The van der Waals surface area contributed by atoms with Crippen LogP contribution in [-0.2, 0) is 32.7 Å². The number of carbonyl (C=O) groups excluding carboxylic acids is 1. The minimum absolute atomic E-state index is 0.00722. The van der Waals surface area contributed by atoms with E-state index in [4.69, 9.17) is 29.4 Å². The van der Waals surface area contributed by atoms with E-state index in [2.05, 4.69) is 86.8 Å². The van der Waals surface area contributed by atoms with Crippen molar-refractivity contribution in [3.05, 3.63) is 72.9 Å². The summed E-state index contributed by atoms with van der Waals surface area (Å²) >= 11 is 0. The minimum atomic E-state index is -4.63. The highest BCUT2D eigenvalue weighted by atomic mass is 31.2. The summed E-state index contributed by atoms with van der Waals surface area (Å²) in [7, 11) is -4.63. The highest BCUT2D eigenvalue weighted by Gasteiger charge is 2.27. The molecule has 0 aliphatic carbocycles. The molecule has 4 N–H and O–H groups in total. The number of ether oxygens (including phenoxy) is 2. The Morgan fingerprint density at radius 2 is 0.797 bits per heavy atom. The molecule has 3 unspecified atom stereocenters. The number of nitrogens with two attached hydrogens (primary N) is 1. The third-order valence-electron chi connectivity index (χ3n) is 12.0. The molecule has 0 rings (SSSR count). The predicted octanol–water partition coefficient (Wildman–Crippen LogP) is 16.9. The van der Waals surface area contributed by atoms with Crippen LogP contribution in [0.4, 0.5) is 0 Å². The molecule has 0 fully saturated rings. The number of unbranched alkanes of at least 4 members (excludes halogenated alkanes) is 27. The molecule has 0 radical (unpaired) electrons. The van der Waals surface area contributed by atoms with E-state index < -0.39 is 45.1 Å². The Labute approximate surface area is 423 Å². The summed E-state index contributed by atoms with van der Waals surface area (Å²) in [5.41, 5.74) is 5.38. The van der Waals surface area contributed by atoms with Gasteiger partial charge in [-0.05, 0) is 89.9 Å². The number of esters is 1. The number of carboxylic acid groups (broad SMARTS) is 1. The zero-order chi connectivity index (χ0) is 50.4. The van der Waals surface area contributed by atoms with Gasteiger partial charge in [0.25, 0.3) is 0 Å². The fourth-order valence-electron chi connectivity index (χ4n) is 7.62. The molecule has 400 valence electrons. The van der Waals surface area contributed by atoms with Gasteiger partial charge in [0.05, 0.1) is 19.8 Å². The van der Waals surface area contributed by atoms with Crippen LogP contribution in [0.15, 0.2) is 72.9 Å². The van der Waals surface area contributed by atoms with Gasteiger partial charge in [-0.25, -0.2) is 4.57 Å². The van der Waals surface area contributed by atoms with Crippen LogP contribution in [0, 0.1) is 0 Å². The number of phosphoric ester groups is 1. The van der Waals surface area contributed by atoms with E-state index in [1.807, 2.05) is 0 Å². The van der Waals surface area contributed by atoms with Crippen molar-refractivity contribution in [1.82, 2.24) is 0 Å². The van der Waals surface area contributed by atoms with Crippen LogP contribution < -0.4 is 5.73 Å². The van der Waals surface area contributed by atoms with Crippen LogP contribution >= 0.6 is 7.82 Å². The van der Waals surface area contributed by atoms with Gasteiger partial charge in [-0.2, -0.15) is 0 Å². The summed E-state index contributed by atoms with van der Waals surface area (Å²) < 4.78 is 33.6. The van der Waals surface area contributed by atoms with Crippen molar-refractivity contribution in [2.75, 3.05) is 26.4 Å². The molecule has 0 heterocycles. The van der Waals surface area contributed by atoms with E-state index in [-0.39, 0.29) is 13.0 Å². The van der Waals surface area contributed by atoms with Crippen LogP contribution in [0.1, 0.15) is 245 Å². The standard InChI is InChI=1S/C58H104NO9P/c1-3-5-7-9-11-13-15-17-19-21-23-25-27-29-31-33-35-37-39-41-43-45-47-49-51-65-52-55(53-66-69(63,64)67-54-56(59)58(61)62)68-57(60)50-48-46-44-42-40-38-36-34-32-30-28-26-24-22-20-18-16-14-12-10-8-6-4-2/h15-18,21-24,27-30,55-56H,3-14,19-20,25-26,31-54,59H2,1-2H3,(H,61,62)(H,63,64)/b17-15-,18-16-,23-21-,24-22-,29-27-,30-28-. The molecular weight excluding hydrogens is 886 g/mol. The molecule has 0 aliphatic heterocycles. The third-order valence-corrected chi connectivity index (χ3v) is 12.9. The van der Waals surface area contributed by atoms with Crippen molar-refractivity contribution < 1.29 is 42.7 Å². The van der Waals surface area contributed by atoms with Gasteiger partial charge >= 0.3 is 19.8 Å². The molecule has 0 saturated carbocycles. The lowest BCUT2D eigenvalue weighted by Gasteiger charge is -2.20. The second-order valence-electron chi connectivity index (χ2n) is 18.7. The summed E-state index contributed by atoms with van der Waals surface area (Å²) in [4.78, 5) is 33.8. The van der Waals surface area contributed by atoms with Crippen molar-refractivity contribution in [3.63, 3.8) is 0 Å². The van der Waals surface area contributed by atoms with Gasteiger partial charge in [0.2, 0.25) is 0 Å². The minimum Gasteiger partial charge on any atom is -0.480 e. The quantitative estimate of drug-likeness (QED) is 0.0232. The molecule has 3 atom stereocenters. The number of aliphatic carboxylic acids is 1. The number of rotatable bonds is 53. The Kier molecular flexibility index (Phi) is 51.2. The topological polar surface area (TPSA) is 155 Å². The van der Waals surface area contributed by atoms with E-state index in [9.17, 15) is 19.0 Å². The molecule has 0 aliphatic rings. The van der Waals surface area contributed by atoms with E-state index in [0.29, 0.717) is 13.0 Å². The molecule has 0 aromatic carbocycles. The highest BCUT2D eigenvalue weighted by Crippen LogP contribution is 2.43. The van der Waals surface area contributed by atoms with Crippen molar-refractivity contribution in [2.24, 2.45) is 5.73 Å². The molecule has 0 aromatic heterocycles. The average Bonchev–Trinajstić information content (AvgIpc) is 3.33. The van der Waals surface area contributed by atoms with Crippen molar-refractivity contribution >= 4 is 19.8 Å². The molecule has 11 heteroatoms. The van der Waals surface area contributed by atoms with Gasteiger partial charge in [0.1, 0.15) is 12.1 Å². The van der Waals surface area contributed by atoms with E-state index in [1.54, 1.807) is 0 Å². The first-order chi connectivity index (χ1) is 33.7. The van der Waals surface area contributed by atoms with E-state index in [1.165, 1.54) is 141 Å². The molecule has 69 heavy (non-hydrogen) atoms. The molecule has 10 nitrogen and oxygen atoms in total. The number of carbonyl (C=O) groups is 2. The first-order valence-corrected chi connectivity index (χ1v) is 29.5. The number of carboxylic acids is 1. The maximum Gasteiger partial charge on any atom is 0.472 e. The zero-order valence-corrected chi connectivity index (χ0v) is 45.0. The molecule has 0 saturated heterocycles. The van der Waals surface area contributed by atoms with Crippen molar-refractivity contribution in [3.8, 4) is 0 Å². The van der Waals surface area contributed by atoms with Crippen molar-refractivity contribution in [2.45, 2.75) is 257 Å². The average molecular weight is 990 g/mol. The fraction of sp³-hybridized carbons (Fsp3) is 0.759. The molecule has 0 amide bonds. The normalized spacial score (nSPS) is 14.1. The Hall–Kier alpha value is -2.59. The van der Waals surface area contributed by atoms with Gasteiger partial charge in [-0.15, -0.1) is 0 Å². The number of hydrogen-bond donors (Lipinski definition) is 3. The summed E-state index contributed by atoms with van der Waals surface area (Å²) in [6.45, 7) is 3.86. The lowest BCUT2D eigenvalue weighted by Crippen LogP contribution is -2.34. The van der Waals surface area contributed by atoms with Gasteiger partial charge in [-0.1, -0.05) is 222 Å². The molecule has 0 bridgehead atoms. The van der Waals surface area contributed by atoms with Crippen LogP contribution in [0.2, 0.25) is 0 Å². The van der Waals surface area contributed by atoms with Gasteiger partial charge in [0, 0.05) is 13.0 Å². The second-order valence-corrected chi connectivity index (χ2v) is 20.2. The summed E-state index contributed by atoms with van der Waals surface area (Å²) in [6, 6.07) is -1.48. The zero-order valence-electron chi connectivity index (χ0n) is 44.1. The van der Waals surface area contributed by atoms with Gasteiger partial charge in [0.15, 0.2) is 0 Å². The van der Waals surface area contributed by atoms with E-state index >= 15 is 0 Å². The monoisotopic (exact) mass is 990 g/mol. The molecular formula is C58H104NO9P. The molecule has 0 spiro atoms. The summed E-state index contributed by atoms with van der Waals surface area (Å²) in [6.07, 6.45) is 68.2. The van der Waals surface area contributed by atoms with Crippen LogP contribution in [-0.4, -0.2) is 60.5 Å².